The van der Waals surface area contributed by atoms with Crippen molar-refractivity contribution in [1.29, 1.82) is 0 Å². The van der Waals surface area contributed by atoms with Gasteiger partial charge < -0.3 is 23.7 Å². The third-order valence-corrected chi connectivity index (χ3v) is 6.36. The molecule has 5 nitrogen and oxygen atoms in total. The lowest BCUT2D eigenvalue weighted by Crippen LogP contribution is -2.14. The van der Waals surface area contributed by atoms with E-state index >= 15 is 0 Å². The van der Waals surface area contributed by atoms with Crippen LogP contribution in [-0.4, -0.2) is 27.1 Å². The molecule has 158 valence electrons. The van der Waals surface area contributed by atoms with E-state index in [1.165, 1.54) is 11.1 Å². The average molecular weight is 408 g/mol. The SMILES string of the molecule is COc1cc([C@H]2OC[C@H]3[C@@H]2CO[C@@H]3c2ccc3c(c2)OCO3)ccc1CC=C(C)C. The van der Waals surface area contributed by atoms with E-state index in [2.05, 4.69) is 44.2 Å². The second-order valence-corrected chi connectivity index (χ2v) is 8.51. The summed E-state index contributed by atoms with van der Waals surface area (Å²) in [5.74, 6) is 3.17. The molecule has 0 bridgehead atoms. The van der Waals surface area contributed by atoms with Crippen LogP contribution in [-0.2, 0) is 15.9 Å². The van der Waals surface area contributed by atoms with E-state index in [9.17, 15) is 0 Å². The summed E-state index contributed by atoms with van der Waals surface area (Å²) in [5.41, 5.74) is 4.79. The molecule has 5 rings (SSSR count). The Hall–Kier alpha value is -2.50. The minimum Gasteiger partial charge on any atom is -0.496 e. The van der Waals surface area contributed by atoms with Gasteiger partial charge in [0, 0.05) is 11.8 Å². The molecule has 2 aromatic carbocycles. The summed E-state index contributed by atoms with van der Waals surface area (Å²) in [5, 5.41) is 0. The van der Waals surface area contributed by atoms with Gasteiger partial charge in [-0.1, -0.05) is 29.8 Å². The Kier molecular flexibility index (Phi) is 5.17. The van der Waals surface area contributed by atoms with Crippen molar-refractivity contribution in [2.45, 2.75) is 32.5 Å². The van der Waals surface area contributed by atoms with Gasteiger partial charge in [-0.3, -0.25) is 0 Å². The van der Waals surface area contributed by atoms with Gasteiger partial charge in [0.1, 0.15) is 5.75 Å². The van der Waals surface area contributed by atoms with Gasteiger partial charge in [0.05, 0.1) is 32.5 Å². The molecule has 0 spiro atoms. The van der Waals surface area contributed by atoms with E-state index in [-0.39, 0.29) is 19.0 Å². The smallest absolute Gasteiger partial charge is 0.231 e. The third kappa shape index (κ3) is 3.46. The number of rotatable bonds is 5. The molecule has 4 atom stereocenters. The fraction of sp³-hybridized carbons (Fsp3) is 0.440. The van der Waals surface area contributed by atoms with E-state index < -0.39 is 0 Å². The molecule has 0 N–H and O–H groups in total. The first kappa shape index (κ1) is 19.5. The lowest BCUT2D eigenvalue weighted by molar-refractivity contribution is 0.0192. The third-order valence-electron chi connectivity index (χ3n) is 6.36. The van der Waals surface area contributed by atoms with Crippen molar-refractivity contribution >= 4 is 0 Å². The zero-order valence-corrected chi connectivity index (χ0v) is 17.7. The van der Waals surface area contributed by atoms with Crippen molar-refractivity contribution in [3.8, 4) is 17.2 Å². The molecule has 3 aliphatic rings. The van der Waals surface area contributed by atoms with Crippen LogP contribution in [0.5, 0.6) is 17.2 Å². The average Bonchev–Trinajstić information content (AvgIpc) is 3.47. The largest absolute Gasteiger partial charge is 0.496 e. The number of methoxy groups -OCH3 is 1. The van der Waals surface area contributed by atoms with Gasteiger partial charge in [0.25, 0.3) is 0 Å². The first-order valence-electron chi connectivity index (χ1n) is 10.6. The Labute approximate surface area is 177 Å². The molecule has 0 amide bonds. The van der Waals surface area contributed by atoms with E-state index in [1.807, 2.05) is 12.1 Å². The highest BCUT2D eigenvalue weighted by Gasteiger charge is 2.48. The Balaban J connectivity index is 1.35. The van der Waals surface area contributed by atoms with E-state index in [4.69, 9.17) is 23.7 Å². The predicted molar refractivity (Wildman–Crippen MR) is 113 cm³/mol. The first-order chi connectivity index (χ1) is 14.6. The van der Waals surface area contributed by atoms with Crippen molar-refractivity contribution in [3.05, 3.63) is 64.7 Å². The van der Waals surface area contributed by atoms with Crippen LogP contribution in [0.2, 0.25) is 0 Å². The molecular weight excluding hydrogens is 380 g/mol. The number of ether oxygens (including phenoxy) is 5. The van der Waals surface area contributed by atoms with Crippen molar-refractivity contribution in [1.82, 2.24) is 0 Å². The number of allylic oxidation sites excluding steroid dienone is 2. The number of benzene rings is 2. The van der Waals surface area contributed by atoms with E-state index in [1.54, 1.807) is 7.11 Å². The summed E-state index contributed by atoms with van der Waals surface area (Å²) < 4.78 is 29.2. The molecule has 0 aliphatic carbocycles. The highest BCUT2D eigenvalue weighted by molar-refractivity contribution is 5.45. The predicted octanol–water partition coefficient (Wildman–Crippen LogP) is 5.01. The highest BCUT2D eigenvalue weighted by atomic mass is 16.7. The van der Waals surface area contributed by atoms with Crippen molar-refractivity contribution in [2.75, 3.05) is 27.1 Å². The van der Waals surface area contributed by atoms with Crippen LogP contribution in [0.25, 0.3) is 0 Å². The standard InChI is InChI=1S/C25H28O5/c1-15(2)4-5-16-6-7-17(10-22(16)26-3)24-19-12-28-25(20(19)13-27-24)18-8-9-21-23(11-18)30-14-29-21/h4,6-11,19-20,24-25H,5,12-14H2,1-3H3/t19-,20-,24+,25+/m0/s1. The topological polar surface area (TPSA) is 46.2 Å². The fourth-order valence-corrected chi connectivity index (χ4v) is 4.75. The van der Waals surface area contributed by atoms with Crippen LogP contribution < -0.4 is 14.2 Å². The second kappa shape index (κ2) is 7.97. The van der Waals surface area contributed by atoms with Gasteiger partial charge >= 0.3 is 0 Å². The van der Waals surface area contributed by atoms with Crippen LogP contribution in [0.15, 0.2) is 48.0 Å². The monoisotopic (exact) mass is 408 g/mol. The Bertz CT molecular complexity index is 962. The molecule has 5 heteroatoms. The fourth-order valence-electron chi connectivity index (χ4n) is 4.75. The molecular formula is C25H28O5. The molecule has 2 saturated heterocycles. The van der Waals surface area contributed by atoms with Gasteiger partial charge in [-0.25, -0.2) is 0 Å². The summed E-state index contributed by atoms with van der Waals surface area (Å²) in [4.78, 5) is 0. The number of hydrogen-bond donors (Lipinski definition) is 0. The van der Waals surface area contributed by atoms with Crippen molar-refractivity contribution in [2.24, 2.45) is 11.8 Å². The van der Waals surface area contributed by atoms with E-state index in [0.717, 1.165) is 34.8 Å². The molecule has 0 saturated carbocycles. The first-order valence-corrected chi connectivity index (χ1v) is 10.6. The lowest BCUT2D eigenvalue weighted by Gasteiger charge is -2.18. The Morgan fingerprint density at radius 2 is 1.60 bits per heavy atom. The van der Waals surface area contributed by atoms with Crippen LogP contribution in [0.1, 0.15) is 42.7 Å². The molecule has 2 aromatic rings. The molecule has 30 heavy (non-hydrogen) atoms. The van der Waals surface area contributed by atoms with Gasteiger partial charge in [-0.2, -0.15) is 0 Å². The summed E-state index contributed by atoms with van der Waals surface area (Å²) in [6, 6.07) is 12.6. The molecule has 0 unspecified atom stereocenters. The zero-order valence-electron chi connectivity index (χ0n) is 17.7. The Morgan fingerprint density at radius 3 is 2.30 bits per heavy atom. The molecule has 2 fully saturated rings. The Morgan fingerprint density at radius 1 is 0.933 bits per heavy atom. The maximum Gasteiger partial charge on any atom is 0.231 e. The molecule has 3 heterocycles. The number of fused-ring (bicyclic) bond motifs is 2. The summed E-state index contributed by atoms with van der Waals surface area (Å²) in [6.07, 6.45) is 3.15. The summed E-state index contributed by atoms with van der Waals surface area (Å²) in [7, 11) is 1.73. The van der Waals surface area contributed by atoms with Gasteiger partial charge in [0.15, 0.2) is 11.5 Å². The summed E-state index contributed by atoms with van der Waals surface area (Å²) in [6.45, 7) is 5.90. The van der Waals surface area contributed by atoms with Crippen molar-refractivity contribution in [3.63, 3.8) is 0 Å². The normalized spacial score (nSPS) is 26.5. The minimum atomic E-state index is 0.0216. The number of hydrogen-bond acceptors (Lipinski definition) is 5. The second-order valence-electron chi connectivity index (χ2n) is 8.51. The zero-order chi connectivity index (χ0) is 20.7. The van der Waals surface area contributed by atoms with Gasteiger partial charge in [0.2, 0.25) is 6.79 Å². The lowest BCUT2D eigenvalue weighted by atomic mass is 9.84. The van der Waals surface area contributed by atoms with E-state index in [0.29, 0.717) is 25.0 Å². The molecule has 0 aromatic heterocycles. The molecule has 0 radical (unpaired) electrons. The highest BCUT2D eigenvalue weighted by Crippen LogP contribution is 2.51. The minimum absolute atomic E-state index is 0.0216. The summed E-state index contributed by atoms with van der Waals surface area (Å²) >= 11 is 0. The maximum absolute atomic E-state index is 6.28. The van der Waals surface area contributed by atoms with Crippen LogP contribution in [0, 0.1) is 11.8 Å². The molecule has 3 aliphatic heterocycles. The maximum atomic E-state index is 6.28. The van der Waals surface area contributed by atoms with Gasteiger partial charge in [-0.15, -0.1) is 0 Å². The van der Waals surface area contributed by atoms with Crippen LogP contribution in [0.4, 0.5) is 0 Å². The van der Waals surface area contributed by atoms with Crippen LogP contribution >= 0.6 is 0 Å². The van der Waals surface area contributed by atoms with Crippen LogP contribution in [0.3, 0.4) is 0 Å². The quantitative estimate of drug-likeness (QED) is 0.651. The van der Waals surface area contributed by atoms with Gasteiger partial charge in [-0.05, 0) is 55.2 Å². The van der Waals surface area contributed by atoms with Crippen molar-refractivity contribution < 1.29 is 23.7 Å².